The van der Waals surface area contributed by atoms with Gasteiger partial charge in [0.2, 0.25) is 0 Å². The largest absolute Gasteiger partial charge is 0.509 e. The molecule has 0 aromatic heterocycles. The highest BCUT2D eigenvalue weighted by atomic mass is 19.4. The summed E-state index contributed by atoms with van der Waals surface area (Å²) in [5.74, 6) is 0. The lowest BCUT2D eigenvalue weighted by atomic mass is 9.80. The van der Waals surface area contributed by atoms with Crippen LogP contribution in [-0.4, -0.2) is 6.98 Å². The number of nitriles is 2. The molecule has 6 heteroatoms. The Bertz CT molecular complexity index is 473. The molecule has 1 rings (SSSR count). The van der Waals surface area contributed by atoms with Crippen molar-refractivity contribution in [2.24, 2.45) is 0 Å². The van der Waals surface area contributed by atoms with Crippen LogP contribution in [0.4, 0.5) is 12.9 Å². The quantitative estimate of drug-likeness (QED) is 0.567. The number of allylic oxidation sites excluding steroid dienone is 1. The van der Waals surface area contributed by atoms with E-state index in [0.29, 0.717) is 5.56 Å². The van der Waals surface area contributed by atoms with Gasteiger partial charge in [0.25, 0.3) is 0 Å². The van der Waals surface area contributed by atoms with Crippen LogP contribution in [0, 0.1) is 22.7 Å². The summed E-state index contributed by atoms with van der Waals surface area (Å²) in [5.41, 5.74) is -0.459. The molecular weight excluding hydrogens is 216 g/mol. The van der Waals surface area contributed by atoms with Gasteiger partial charge >= 0.3 is 6.98 Å². The standard InChI is InChI=1S/C10H5BF3N2/c12-11(13,14)10-3-1-8(2-4-10)5-9(6-15)7-16/h1-5H/q-1. The Labute approximate surface area is 90.3 Å². The fraction of sp³-hybridized carbons (Fsp3) is 0. The van der Waals surface area contributed by atoms with Crippen molar-refractivity contribution in [2.45, 2.75) is 0 Å². The first-order valence-electron chi connectivity index (χ1n) is 4.29. The number of halogens is 3. The van der Waals surface area contributed by atoms with Crippen LogP contribution in [0.15, 0.2) is 29.8 Å². The summed E-state index contributed by atoms with van der Waals surface area (Å²) in [6.45, 7) is -5.00. The molecule has 0 aliphatic carbocycles. The highest BCUT2D eigenvalue weighted by Crippen LogP contribution is 2.11. The van der Waals surface area contributed by atoms with Gasteiger partial charge < -0.3 is 12.9 Å². The Morgan fingerprint density at radius 3 is 1.94 bits per heavy atom. The van der Waals surface area contributed by atoms with Crippen molar-refractivity contribution >= 4 is 18.5 Å². The highest BCUT2D eigenvalue weighted by Gasteiger charge is 2.24. The number of hydrogen-bond donors (Lipinski definition) is 0. The number of hydrogen-bond acceptors (Lipinski definition) is 2. The SMILES string of the molecule is N#CC(C#N)=Cc1ccc([B-](F)(F)F)cc1. The van der Waals surface area contributed by atoms with Gasteiger partial charge in [0.15, 0.2) is 0 Å². The molecule has 80 valence electrons. The van der Waals surface area contributed by atoms with Crippen molar-refractivity contribution in [1.29, 1.82) is 10.5 Å². The summed E-state index contributed by atoms with van der Waals surface area (Å²) in [4.78, 5) is 0. The number of nitrogens with zero attached hydrogens (tertiary/aromatic N) is 2. The normalized spacial score (nSPS) is 10.1. The zero-order chi connectivity index (χ0) is 12.2. The monoisotopic (exact) mass is 221 g/mol. The van der Waals surface area contributed by atoms with Gasteiger partial charge in [-0.3, -0.25) is 0 Å². The fourth-order valence-corrected chi connectivity index (χ4v) is 1.07. The zero-order valence-electron chi connectivity index (χ0n) is 7.99. The molecule has 0 unspecified atom stereocenters. The van der Waals surface area contributed by atoms with Crippen LogP contribution in [0.25, 0.3) is 6.08 Å². The van der Waals surface area contributed by atoms with E-state index in [1.807, 2.05) is 0 Å². The van der Waals surface area contributed by atoms with Crippen LogP contribution in [0.3, 0.4) is 0 Å². The summed E-state index contributed by atoms with van der Waals surface area (Å²) in [6, 6.07) is 7.55. The van der Waals surface area contributed by atoms with Gasteiger partial charge in [0.1, 0.15) is 17.7 Å². The van der Waals surface area contributed by atoms with Gasteiger partial charge in [-0.05, 0) is 11.6 Å². The summed E-state index contributed by atoms with van der Waals surface area (Å²) in [7, 11) is 0. The zero-order valence-corrected chi connectivity index (χ0v) is 7.99. The minimum Gasteiger partial charge on any atom is -0.445 e. The van der Waals surface area contributed by atoms with Crippen LogP contribution >= 0.6 is 0 Å². The second-order valence-corrected chi connectivity index (χ2v) is 3.02. The predicted octanol–water partition coefficient (Wildman–Crippen LogP) is 2.17. The van der Waals surface area contributed by atoms with E-state index in [1.54, 1.807) is 12.1 Å². The lowest BCUT2D eigenvalue weighted by molar-refractivity contribution is 0.501. The van der Waals surface area contributed by atoms with Crippen LogP contribution in [0.5, 0.6) is 0 Å². The van der Waals surface area contributed by atoms with E-state index < -0.39 is 12.4 Å². The molecule has 0 spiro atoms. The number of benzene rings is 1. The molecule has 0 saturated carbocycles. The van der Waals surface area contributed by atoms with Crippen molar-refractivity contribution in [1.82, 2.24) is 0 Å². The van der Waals surface area contributed by atoms with Gasteiger partial charge in [0, 0.05) is 0 Å². The summed E-state index contributed by atoms with van der Waals surface area (Å²) in [5, 5.41) is 16.9. The van der Waals surface area contributed by atoms with Crippen molar-refractivity contribution < 1.29 is 12.9 Å². The average molecular weight is 221 g/mol. The molecule has 0 saturated heterocycles. The van der Waals surface area contributed by atoms with Crippen molar-refractivity contribution in [2.75, 3.05) is 0 Å². The smallest absolute Gasteiger partial charge is 0.445 e. The second-order valence-electron chi connectivity index (χ2n) is 3.02. The summed E-state index contributed by atoms with van der Waals surface area (Å²) in [6.07, 6.45) is 1.23. The third-order valence-corrected chi connectivity index (χ3v) is 1.87. The lowest BCUT2D eigenvalue weighted by Gasteiger charge is -2.14. The molecule has 0 N–H and O–H groups in total. The molecule has 1 aromatic carbocycles. The molecule has 0 amide bonds. The Morgan fingerprint density at radius 1 is 1.06 bits per heavy atom. The van der Waals surface area contributed by atoms with E-state index in [1.165, 1.54) is 18.2 Å². The molecule has 0 heterocycles. The van der Waals surface area contributed by atoms with Crippen molar-refractivity contribution in [3.63, 3.8) is 0 Å². The Kier molecular flexibility index (Phi) is 3.37. The van der Waals surface area contributed by atoms with Crippen LogP contribution in [0.2, 0.25) is 0 Å². The molecule has 0 fully saturated rings. The van der Waals surface area contributed by atoms with Gasteiger partial charge in [0.05, 0.1) is 0 Å². The van der Waals surface area contributed by atoms with Crippen LogP contribution in [0.1, 0.15) is 5.56 Å². The molecule has 0 aliphatic rings. The first-order valence-corrected chi connectivity index (χ1v) is 4.29. The topological polar surface area (TPSA) is 47.6 Å². The fourth-order valence-electron chi connectivity index (χ4n) is 1.07. The van der Waals surface area contributed by atoms with Gasteiger partial charge in [-0.2, -0.15) is 10.5 Å². The molecule has 0 aliphatic heterocycles. The summed E-state index contributed by atoms with van der Waals surface area (Å²) < 4.78 is 36.8. The van der Waals surface area contributed by atoms with Gasteiger partial charge in [-0.15, -0.1) is 5.46 Å². The Balaban J connectivity index is 3.03. The van der Waals surface area contributed by atoms with E-state index >= 15 is 0 Å². The lowest BCUT2D eigenvalue weighted by Crippen LogP contribution is -2.33. The third kappa shape index (κ3) is 2.89. The maximum absolute atomic E-state index is 12.3. The minimum atomic E-state index is -5.00. The molecule has 2 nitrogen and oxygen atoms in total. The summed E-state index contributed by atoms with van der Waals surface area (Å²) >= 11 is 0. The predicted molar refractivity (Wildman–Crippen MR) is 54.4 cm³/mol. The van der Waals surface area contributed by atoms with E-state index in [0.717, 1.165) is 12.1 Å². The van der Waals surface area contributed by atoms with E-state index in [9.17, 15) is 12.9 Å². The molecule has 0 radical (unpaired) electrons. The molecule has 1 aromatic rings. The Hall–Kier alpha value is -2.21. The number of rotatable bonds is 2. The van der Waals surface area contributed by atoms with E-state index in [-0.39, 0.29) is 5.57 Å². The van der Waals surface area contributed by atoms with Gasteiger partial charge in [-0.25, -0.2) is 0 Å². The third-order valence-electron chi connectivity index (χ3n) is 1.87. The van der Waals surface area contributed by atoms with E-state index in [2.05, 4.69) is 0 Å². The van der Waals surface area contributed by atoms with Crippen LogP contribution in [-0.2, 0) is 0 Å². The first-order chi connectivity index (χ1) is 7.47. The molecule has 0 bridgehead atoms. The molecule has 0 atom stereocenters. The maximum Gasteiger partial charge on any atom is 0.509 e. The van der Waals surface area contributed by atoms with Crippen LogP contribution < -0.4 is 5.46 Å². The molecular formula is C10H5BF3N2-. The Morgan fingerprint density at radius 2 is 1.56 bits per heavy atom. The van der Waals surface area contributed by atoms with Crippen molar-refractivity contribution in [3.05, 3.63) is 35.4 Å². The maximum atomic E-state index is 12.3. The molecule has 16 heavy (non-hydrogen) atoms. The highest BCUT2D eigenvalue weighted by molar-refractivity contribution is 6.73. The average Bonchev–Trinajstić information content (AvgIpc) is 2.25. The van der Waals surface area contributed by atoms with Crippen molar-refractivity contribution in [3.8, 4) is 12.1 Å². The van der Waals surface area contributed by atoms with Gasteiger partial charge in [-0.1, -0.05) is 24.3 Å². The van der Waals surface area contributed by atoms with E-state index in [4.69, 9.17) is 10.5 Å². The minimum absolute atomic E-state index is 0.148. The first kappa shape index (κ1) is 11.9. The second kappa shape index (κ2) is 4.54.